The van der Waals surface area contributed by atoms with Crippen molar-refractivity contribution in [2.45, 2.75) is 51.1 Å². The highest BCUT2D eigenvalue weighted by Crippen LogP contribution is 2.24. The third-order valence-electron chi connectivity index (χ3n) is 5.44. The van der Waals surface area contributed by atoms with E-state index in [1.54, 1.807) is 0 Å². The van der Waals surface area contributed by atoms with Gasteiger partial charge in [-0.05, 0) is 55.9 Å². The van der Waals surface area contributed by atoms with E-state index in [9.17, 15) is 9.18 Å². The van der Waals surface area contributed by atoms with Crippen LogP contribution in [-0.2, 0) is 11.2 Å². The number of benzene rings is 2. The van der Waals surface area contributed by atoms with Crippen molar-refractivity contribution in [2.75, 3.05) is 13.6 Å². The molecule has 1 heterocycles. The lowest BCUT2D eigenvalue weighted by Crippen LogP contribution is -2.32. The van der Waals surface area contributed by atoms with Gasteiger partial charge in [0.05, 0.1) is 0 Å². The molecule has 5 heteroatoms. The Morgan fingerprint density at radius 1 is 1.18 bits per heavy atom. The predicted molar refractivity (Wildman–Crippen MR) is 110 cm³/mol. The third-order valence-corrected chi connectivity index (χ3v) is 5.44. The van der Waals surface area contributed by atoms with E-state index in [0.717, 1.165) is 37.8 Å². The second kappa shape index (κ2) is 9.80. The lowest BCUT2D eigenvalue weighted by atomic mass is 9.99. The largest absolute Gasteiger partial charge is 0.346 e. The maximum Gasteiger partial charge on any atom is 0.222 e. The lowest BCUT2D eigenvalue weighted by Gasteiger charge is -2.18. The number of carbonyl (C=O) groups excluding carboxylic acids is 1. The number of carbonyl (C=O) groups is 1. The number of nitrogens with zero attached hydrogens (tertiary/aromatic N) is 1. The van der Waals surface area contributed by atoms with Crippen LogP contribution >= 0.6 is 0 Å². The molecule has 0 aliphatic carbocycles. The van der Waals surface area contributed by atoms with E-state index in [2.05, 4.69) is 36.0 Å². The first kappa shape index (κ1) is 20.5. The summed E-state index contributed by atoms with van der Waals surface area (Å²) in [5, 5.41) is 0. The van der Waals surface area contributed by atoms with Gasteiger partial charge in [0.15, 0.2) is 0 Å². The molecule has 0 saturated carbocycles. The average Bonchev–Trinajstić information content (AvgIpc) is 3.15. The van der Waals surface area contributed by atoms with Crippen molar-refractivity contribution >= 4 is 5.91 Å². The highest BCUT2D eigenvalue weighted by molar-refractivity contribution is 5.76. The fourth-order valence-electron chi connectivity index (χ4n) is 3.73. The number of hydrogen-bond donors (Lipinski definition) is 2. The number of aryl methyl sites for hydroxylation is 2. The highest BCUT2D eigenvalue weighted by Gasteiger charge is 2.24. The van der Waals surface area contributed by atoms with Crippen LogP contribution in [0.4, 0.5) is 4.39 Å². The van der Waals surface area contributed by atoms with Crippen LogP contribution in [0.2, 0.25) is 0 Å². The molecule has 2 unspecified atom stereocenters. The Morgan fingerprint density at radius 3 is 2.71 bits per heavy atom. The van der Waals surface area contributed by atoms with Gasteiger partial charge >= 0.3 is 0 Å². The molecule has 4 nitrogen and oxygen atoms in total. The van der Waals surface area contributed by atoms with Crippen LogP contribution in [0.1, 0.15) is 48.4 Å². The Labute approximate surface area is 167 Å². The predicted octanol–water partition coefficient (Wildman–Crippen LogP) is 3.91. The van der Waals surface area contributed by atoms with Crippen molar-refractivity contribution in [2.24, 2.45) is 0 Å². The molecule has 2 N–H and O–H groups in total. The fourth-order valence-corrected chi connectivity index (χ4v) is 3.73. The van der Waals surface area contributed by atoms with Crippen LogP contribution in [0, 0.1) is 12.7 Å². The van der Waals surface area contributed by atoms with Gasteiger partial charge in [-0.15, -0.1) is 0 Å². The first-order valence-electron chi connectivity index (χ1n) is 10.1. The molecule has 150 valence electrons. The number of hydrazine groups is 1. The van der Waals surface area contributed by atoms with Crippen molar-refractivity contribution in [1.29, 1.82) is 0 Å². The molecule has 0 aromatic heterocycles. The Hall–Kier alpha value is -2.24. The van der Waals surface area contributed by atoms with Crippen LogP contribution < -0.4 is 10.9 Å². The monoisotopic (exact) mass is 383 g/mol. The molecule has 0 bridgehead atoms. The molecule has 28 heavy (non-hydrogen) atoms. The minimum absolute atomic E-state index is 0.197. The summed E-state index contributed by atoms with van der Waals surface area (Å²) in [6.07, 6.45) is 4.27. The minimum Gasteiger partial charge on any atom is -0.346 e. The maximum atomic E-state index is 13.1. The van der Waals surface area contributed by atoms with Gasteiger partial charge in [-0.3, -0.25) is 15.6 Å². The van der Waals surface area contributed by atoms with E-state index < -0.39 is 0 Å². The van der Waals surface area contributed by atoms with Crippen LogP contribution in [-0.4, -0.2) is 30.4 Å². The lowest BCUT2D eigenvalue weighted by molar-refractivity contribution is -0.129. The van der Waals surface area contributed by atoms with Crippen LogP contribution in [0.3, 0.4) is 0 Å². The first-order valence-corrected chi connectivity index (χ1v) is 10.1. The van der Waals surface area contributed by atoms with E-state index in [1.165, 1.54) is 23.3 Å². The number of amides is 1. The summed E-state index contributed by atoms with van der Waals surface area (Å²) in [7, 11) is 1.89. The van der Waals surface area contributed by atoms with E-state index in [0.29, 0.717) is 12.5 Å². The van der Waals surface area contributed by atoms with Gasteiger partial charge in [-0.2, -0.15) is 0 Å². The van der Waals surface area contributed by atoms with Gasteiger partial charge in [0.1, 0.15) is 5.82 Å². The quantitative estimate of drug-likeness (QED) is 0.726. The number of halogens is 1. The zero-order valence-electron chi connectivity index (χ0n) is 16.7. The van der Waals surface area contributed by atoms with Gasteiger partial charge in [0.25, 0.3) is 0 Å². The summed E-state index contributed by atoms with van der Waals surface area (Å²) in [6, 6.07) is 15.6. The van der Waals surface area contributed by atoms with Crippen LogP contribution in [0.5, 0.6) is 0 Å². The molecule has 2 atom stereocenters. The van der Waals surface area contributed by atoms with E-state index in [4.69, 9.17) is 0 Å². The topological polar surface area (TPSA) is 44.4 Å². The fraction of sp³-hybridized carbons (Fsp3) is 0.435. The molecule has 1 saturated heterocycles. The number of hydrogen-bond acceptors (Lipinski definition) is 3. The summed E-state index contributed by atoms with van der Waals surface area (Å²) < 4.78 is 13.1. The second-order valence-electron chi connectivity index (χ2n) is 7.77. The van der Waals surface area contributed by atoms with Gasteiger partial charge in [-0.1, -0.05) is 42.0 Å². The number of rotatable bonds is 8. The third kappa shape index (κ3) is 5.88. The molecule has 3 rings (SSSR count). The van der Waals surface area contributed by atoms with Gasteiger partial charge in [0, 0.05) is 32.1 Å². The van der Waals surface area contributed by atoms with Crippen molar-refractivity contribution in [3.05, 3.63) is 71.0 Å². The van der Waals surface area contributed by atoms with E-state index >= 15 is 0 Å². The van der Waals surface area contributed by atoms with Gasteiger partial charge < -0.3 is 4.90 Å². The zero-order valence-corrected chi connectivity index (χ0v) is 16.7. The molecule has 1 aliphatic rings. The molecule has 2 aromatic rings. The Kier molecular flexibility index (Phi) is 7.18. The van der Waals surface area contributed by atoms with Crippen molar-refractivity contribution in [3.8, 4) is 0 Å². The smallest absolute Gasteiger partial charge is 0.222 e. The Morgan fingerprint density at radius 2 is 1.96 bits per heavy atom. The summed E-state index contributed by atoms with van der Waals surface area (Å²) >= 11 is 0. The summed E-state index contributed by atoms with van der Waals surface area (Å²) in [5.74, 6) is -0.00967. The Bertz CT molecular complexity index is 778. The molecular weight excluding hydrogens is 353 g/mol. The summed E-state index contributed by atoms with van der Waals surface area (Å²) in [6.45, 7) is 2.84. The SMILES string of the molecule is Cc1cccc(CCC(=O)N(C)CCCC2CC(c3ccc(F)cc3)NN2)c1. The van der Waals surface area contributed by atoms with Crippen LogP contribution in [0.25, 0.3) is 0 Å². The molecule has 2 aromatic carbocycles. The second-order valence-corrected chi connectivity index (χ2v) is 7.77. The normalized spacial score (nSPS) is 19.0. The van der Waals surface area contributed by atoms with Crippen molar-refractivity contribution in [1.82, 2.24) is 15.8 Å². The summed E-state index contributed by atoms with van der Waals surface area (Å²) in [4.78, 5) is 14.2. The first-order chi connectivity index (χ1) is 13.5. The van der Waals surface area contributed by atoms with Gasteiger partial charge in [-0.25, -0.2) is 4.39 Å². The summed E-state index contributed by atoms with van der Waals surface area (Å²) in [5.41, 5.74) is 10.2. The average molecular weight is 384 g/mol. The zero-order chi connectivity index (χ0) is 19.9. The molecule has 0 spiro atoms. The standard InChI is InChI=1S/C23H30FN3O/c1-17-5-3-6-18(15-17)8-13-23(28)27(2)14-4-7-21-16-22(26-25-21)19-9-11-20(24)12-10-19/h3,5-6,9-12,15,21-22,25-26H,4,7-8,13-14,16H2,1-2H3. The molecular formula is C23H30FN3O. The molecule has 1 amide bonds. The Balaban J connectivity index is 1.35. The van der Waals surface area contributed by atoms with Crippen molar-refractivity contribution < 1.29 is 9.18 Å². The van der Waals surface area contributed by atoms with Crippen molar-refractivity contribution in [3.63, 3.8) is 0 Å². The van der Waals surface area contributed by atoms with Crippen LogP contribution in [0.15, 0.2) is 48.5 Å². The molecule has 0 radical (unpaired) electrons. The molecule has 1 fully saturated rings. The highest BCUT2D eigenvalue weighted by atomic mass is 19.1. The molecule has 1 aliphatic heterocycles. The minimum atomic E-state index is -0.207. The number of nitrogens with one attached hydrogen (secondary N) is 2. The van der Waals surface area contributed by atoms with E-state index in [1.807, 2.05) is 30.1 Å². The van der Waals surface area contributed by atoms with E-state index in [-0.39, 0.29) is 17.8 Å². The van der Waals surface area contributed by atoms with Gasteiger partial charge in [0.2, 0.25) is 5.91 Å². The maximum absolute atomic E-state index is 13.1.